The monoisotopic (exact) mass is 491 g/mol. The van der Waals surface area contributed by atoms with Crippen molar-refractivity contribution in [2.45, 2.75) is 13.8 Å². The molecule has 1 fully saturated rings. The zero-order valence-corrected chi connectivity index (χ0v) is 21.0. The number of aryl methyl sites for hydroxylation is 2. The molecule has 188 valence electrons. The Morgan fingerprint density at radius 2 is 1.67 bits per heavy atom. The normalized spacial score (nSPS) is 13.6. The van der Waals surface area contributed by atoms with Gasteiger partial charge in [0.1, 0.15) is 17.2 Å². The Hall–Kier alpha value is -4.12. The highest BCUT2D eigenvalue weighted by molar-refractivity contribution is 5.78. The van der Waals surface area contributed by atoms with Crippen molar-refractivity contribution in [2.24, 2.45) is 0 Å². The van der Waals surface area contributed by atoms with Gasteiger partial charge in [0.2, 0.25) is 5.75 Å². The zero-order chi connectivity index (χ0) is 25.2. The third-order valence-electron chi connectivity index (χ3n) is 6.10. The lowest BCUT2D eigenvalue weighted by Crippen LogP contribution is -2.36. The Morgan fingerprint density at radius 1 is 0.944 bits per heavy atom. The van der Waals surface area contributed by atoms with Crippen molar-refractivity contribution >= 4 is 22.8 Å². The molecule has 1 N–H and O–H groups in total. The van der Waals surface area contributed by atoms with E-state index in [0.29, 0.717) is 42.1 Å². The SMILES string of the molecule is COc1cc(Nc2nc(-c3ccc(N4CCOCC4)nc3)nn3c(C)nc(C)c23)cc(OC)c1OC. The number of pyridine rings is 1. The molecule has 1 aromatic carbocycles. The summed E-state index contributed by atoms with van der Waals surface area (Å²) in [6.07, 6.45) is 1.80. The molecule has 11 heteroatoms. The van der Waals surface area contributed by atoms with Crippen molar-refractivity contribution in [3.05, 3.63) is 42.0 Å². The van der Waals surface area contributed by atoms with Crippen LogP contribution in [-0.4, -0.2) is 72.2 Å². The maximum absolute atomic E-state index is 5.51. The van der Waals surface area contributed by atoms with Crippen LogP contribution in [0.25, 0.3) is 16.9 Å². The number of imidazole rings is 1. The first-order valence-electron chi connectivity index (χ1n) is 11.6. The third kappa shape index (κ3) is 4.33. The number of nitrogens with zero attached hydrogens (tertiary/aromatic N) is 6. The summed E-state index contributed by atoms with van der Waals surface area (Å²) >= 11 is 0. The molecule has 0 spiro atoms. The number of rotatable bonds is 7. The Kier molecular flexibility index (Phi) is 6.47. The first-order chi connectivity index (χ1) is 17.5. The predicted octanol–water partition coefficient (Wildman–Crippen LogP) is 3.41. The molecule has 0 bridgehead atoms. The van der Waals surface area contributed by atoms with Crippen LogP contribution in [-0.2, 0) is 4.74 Å². The predicted molar refractivity (Wildman–Crippen MR) is 136 cm³/mol. The first kappa shape index (κ1) is 23.6. The quantitative estimate of drug-likeness (QED) is 0.413. The zero-order valence-electron chi connectivity index (χ0n) is 21.0. The van der Waals surface area contributed by atoms with Gasteiger partial charge in [0.25, 0.3) is 0 Å². The van der Waals surface area contributed by atoms with Crippen LogP contribution >= 0.6 is 0 Å². The van der Waals surface area contributed by atoms with E-state index in [0.717, 1.165) is 47.2 Å². The topological polar surface area (TPSA) is 108 Å². The molecular weight excluding hydrogens is 462 g/mol. The second-order valence-corrected chi connectivity index (χ2v) is 8.33. The minimum absolute atomic E-state index is 0.516. The van der Waals surface area contributed by atoms with Gasteiger partial charge in [-0.3, -0.25) is 0 Å². The van der Waals surface area contributed by atoms with Gasteiger partial charge in [-0.15, -0.1) is 5.10 Å². The van der Waals surface area contributed by atoms with Crippen LogP contribution in [0, 0.1) is 13.8 Å². The smallest absolute Gasteiger partial charge is 0.203 e. The van der Waals surface area contributed by atoms with Crippen molar-refractivity contribution in [1.82, 2.24) is 24.6 Å². The molecule has 36 heavy (non-hydrogen) atoms. The van der Waals surface area contributed by atoms with Crippen LogP contribution in [0.2, 0.25) is 0 Å². The van der Waals surface area contributed by atoms with Crippen LogP contribution in [0.5, 0.6) is 17.2 Å². The largest absolute Gasteiger partial charge is 0.493 e. The highest BCUT2D eigenvalue weighted by Crippen LogP contribution is 2.41. The number of ether oxygens (including phenoxy) is 4. The highest BCUT2D eigenvalue weighted by Gasteiger charge is 2.19. The average Bonchev–Trinajstić information content (AvgIpc) is 3.21. The summed E-state index contributed by atoms with van der Waals surface area (Å²) in [6.45, 7) is 6.91. The van der Waals surface area contributed by atoms with E-state index in [9.17, 15) is 0 Å². The molecule has 3 aromatic heterocycles. The second-order valence-electron chi connectivity index (χ2n) is 8.33. The number of nitrogens with one attached hydrogen (secondary N) is 1. The summed E-state index contributed by atoms with van der Waals surface area (Å²) in [5.74, 6) is 4.39. The van der Waals surface area contributed by atoms with Gasteiger partial charge >= 0.3 is 0 Å². The van der Waals surface area contributed by atoms with Gasteiger partial charge < -0.3 is 29.2 Å². The molecule has 0 aliphatic carbocycles. The molecule has 1 aliphatic heterocycles. The van der Waals surface area contributed by atoms with E-state index < -0.39 is 0 Å². The molecule has 1 aliphatic rings. The number of anilines is 3. The van der Waals surface area contributed by atoms with Crippen LogP contribution in [0.1, 0.15) is 11.5 Å². The fraction of sp³-hybridized carbons (Fsp3) is 0.360. The summed E-state index contributed by atoms with van der Waals surface area (Å²) in [6, 6.07) is 7.64. The van der Waals surface area contributed by atoms with E-state index in [1.54, 1.807) is 32.0 Å². The van der Waals surface area contributed by atoms with Crippen molar-refractivity contribution in [3.63, 3.8) is 0 Å². The van der Waals surface area contributed by atoms with Crippen molar-refractivity contribution in [2.75, 3.05) is 57.8 Å². The van der Waals surface area contributed by atoms with Crippen molar-refractivity contribution in [3.8, 4) is 28.6 Å². The number of aromatic nitrogens is 5. The standard InChI is InChI=1S/C25H29N7O4/c1-15-22-25(28-18-12-19(33-3)23(35-5)20(13-18)34-4)29-24(30-32(22)16(2)27-15)17-6-7-21(26-14-17)31-8-10-36-11-9-31/h6-7,12-14H,8-11H2,1-5H3,(H,28,29,30). The molecule has 0 amide bonds. The molecule has 4 aromatic rings. The Bertz CT molecular complexity index is 1360. The second kappa shape index (κ2) is 9.86. The van der Waals surface area contributed by atoms with Gasteiger partial charge in [0, 0.05) is 42.7 Å². The van der Waals surface area contributed by atoms with Crippen LogP contribution < -0.4 is 24.4 Å². The maximum Gasteiger partial charge on any atom is 0.203 e. The number of hydrogen-bond donors (Lipinski definition) is 1. The van der Waals surface area contributed by atoms with E-state index in [2.05, 4.69) is 20.2 Å². The van der Waals surface area contributed by atoms with E-state index >= 15 is 0 Å². The number of benzene rings is 1. The summed E-state index contributed by atoms with van der Waals surface area (Å²) in [4.78, 5) is 16.4. The molecule has 11 nitrogen and oxygen atoms in total. The molecule has 4 heterocycles. The van der Waals surface area contributed by atoms with Gasteiger partial charge in [0.15, 0.2) is 23.1 Å². The van der Waals surface area contributed by atoms with E-state index in [1.807, 2.05) is 38.1 Å². The molecule has 5 rings (SSSR count). The summed E-state index contributed by atoms with van der Waals surface area (Å²) in [5, 5.41) is 8.17. The molecule has 0 atom stereocenters. The fourth-order valence-electron chi connectivity index (χ4n) is 4.33. The van der Waals surface area contributed by atoms with Gasteiger partial charge in [-0.1, -0.05) is 0 Å². The van der Waals surface area contributed by atoms with E-state index in [-0.39, 0.29) is 0 Å². The van der Waals surface area contributed by atoms with E-state index in [1.165, 1.54) is 0 Å². The summed E-state index contributed by atoms with van der Waals surface area (Å²) < 4.78 is 23.7. The molecule has 0 radical (unpaired) electrons. The summed E-state index contributed by atoms with van der Waals surface area (Å²) in [5.41, 5.74) is 3.11. The fourth-order valence-corrected chi connectivity index (χ4v) is 4.33. The van der Waals surface area contributed by atoms with E-state index in [4.69, 9.17) is 29.0 Å². The van der Waals surface area contributed by atoms with Crippen molar-refractivity contribution < 1.29 is 18.9 Å². The molecule has 1 saturated heterocycles. The maximum atomic E-state index is 5.51. The van der Waals surface area contributed by atoms with Crippen LogP contribution in [0.15, 0.2) is 30.5 Å². The molecule has 0 unspecified atom stereocenters. The number of methoxy groups -OCH3 is 3. The Balaban J connectivity index is 1.56. The minimum atomic E-state index is 0.516. The number of fused-ring (bicyclic) bond motifs is 1. The van der Waals surface area contributed by atoms with Crippen LogP contribution in [0.4, 0.5) is 17.3 Å². The number of hydrogen-bond acceptors (Lipinski definition) is 10. The third-order valence-corrected chi connectivity index (χ3v) is 6.10. The average molecular weight is 492 g/mol. The highest BCUT2D eigenvalue weighted by atomic mass is 16.5. The van der Waals surface area contributed by atoms with Crippen LogP contribution in [0.3, 0.4) is 0 Å². The minimum Gasteiger partial charge on any atom is -0.493 e. The Morgan fingerprint density at radius 3 is 2.28 bits per heavy atom. The van der Waals surface area contributed by atoms with Crippen molar-refractivity contribution in [1.29, 1.82) is 0 Å². The van der Waals surface area contributed by atoms with Gasteiger partial charge in [0.05, 0.1) is 40.2 Å². The van der Waals surface area contributed by atoms with Gasteiger partial charge in [-0.25, -0.2) is 19.5 Å². The van der Waals surface area contributed by atoms with Gasteiger partial charge in [-0.05, 0) is 26.0 Å². The summed E-state index contributed by atoms with van der Waals surface area (Å²) in [7, 11) is 4.74. The lowest BCUT2D eigenvalue weighted by atomic mass is 10.2. The number of morpholine rings is 1. The van der Waals surface area contributed by atoms with Gasteiger partial charge in [-0.2, -0.15) is 0 Å². The molecule has 0 saturated carbocycles. The first-order valence-corrected chi connectivity index (χ1v) is 11.6. The molecular formula is C25H29N7O4. The Labute approximate surface area is 209 Å². The lowest BCUT2D eigenvalue weighted by Gasteiger charge is -2.27. The lowest BCUT2D eigenvalue weighted by molar-refractivity contribution is 0.122.